The third kappa shape index (κ3) is 4.35. The van der Waals surface area contributed by atoms with Gasteiger partial charge in [0, 0.05) is 32.3 Å². The second kappa shape index (κ2) is 6.71. The number of benzene rings is 1. The molecule has 0 N–H and O–H groups in total. The number of methoxy groups -OCH3 is 1. The molecule has 0 aliphatic rings. The first-order valence-electron chi connectivity index (χ1n) is 6.80. The second-order valence-corrected chi connectivity index (χ2v) is 5.30. The Labute approximate surface area is 116 Å². The molecule has 0 bridgehead atoms. The van der Waals surface area contributed by atoms with Crippen molar-refractivity contribution in [2.75, 3.05) is 25.1 Å². The molecule has 0 radical (unpaired) electrons. The minimum Gasteiger partial charge on any atom is -0.371 e. The first-order chi connectivity index (χ1) is 8.90. The van der Waals surface area contributed by atoms with E-state index in [1.54, 1.807) is 7.11 Å². The van der Waals surface area contributed by atoms with Gasteiger partial charge in [0.2, 0.25) is 0 Å². The van der Waals surface area contributed by atoms with Crippen LogP contribution in [0.15, 0.2) is 24.3 Å². The van der Waals surface area contributed by atoms with Gasteiger partial charge in [-0.05, 0) is 39.8 Å². The van der Waals surface area contributed by atoms with E-state index in [2.05, 4.69) is 43.0 Å². The summed E-state index contributed by atoms with van der Waals surface area (Å²) in [4.78, 5) is 14.3. The van der Waals surface area contributed by atoms with Crippen molar-refractivity contribution in [1.82, 2.24) is 0 Å². The molecule has 3 nitrogen and oxygen atoms in total. The Morgan fingerprint density at radius 3 is 2.32 bits per heavy atom. The highest BCUT2D eigenvalue weighted by Crippen LogP contribution is 2.17. The number of carbonyl (C=O) groups is 1. The number of hydrogen-bond donors (Lipinski definition) is 0. The number of aryl methyl sites for hydroxylation is 1. The number of anilines is 1. The van der Waals surface area contributed by atoms with Gasteiger partial charge >= 0.3 is 0 Å². The predicted molar refractivity (Wildman–Crippen MR) is 79.8 cm³/mol. The molecule has 1 rings (SSSR count). The zero-order valence-electron chi connectivity index (χ0n) is 12.7. The number of ketones is 1. The van der Waals surface area contributed by atoms with Crippen LogP contribution in [0.4, 0.5) is 5.69 Å². The summed E-state index contributed by atoms with van der Waals surface area (Å²) >= 11 is 0. The van der Waals surface area contributed by atoms with Crippen molar-refractivity contribution in [1.29, 1.82) is 0 Å². The zero-order chi connectivity index (χ0) is 14.5. The summed E-state index contributed by atoms with van der Waals surface area (Å²) in [6.45, 7) is 9.43. The molecule has 19 heavy (non-hydrogen) atoms. The van der Waals surface area contributed by atoms with E-state index < -0.39 is 5.60 Å². The van der Waals surface area contributed by atoms with Crippen molar-refractivity contribution in [3.63, 3.8) is 0 Å². The molecule has 0 spiro atoms. The normalized spacial score (nSPS) is 11.4. The molecule has 0 unspecified atom stereocenters. The SMILES string of the molecule is CCN(CCC(=O)C(C)(C)OC)c1ccc(C)cc1. The van der Waals surface area contributed by atoms with Crippen molar-refractivity contribution in [3.8, 4) is 0 Å². The lowest BCUT2D eigenvalue weighted by Gasteiger charge is -2.26. The largest absolute Gasteiger partial charge is 0.371 e. The van der Waals surface area contributed by atoms with Crippen LogP contribution in [-0.2, 0) is 9.53 Å². The van der Waals surface area contributed by atoms with Gasteiger partial charge in [-0.2, -0.15) is 0 Å². The molecule has 0 saturated carbocycles. The Balaban J connectivity index is 2.63. The molecule has 1 aromatic rings. The van der Waals surface area contributed by atoms with Crippen molar-refractivity contribution in [2.45, 2.75) is 39.7 Å². The van der Waals surface area contributed by atoms with Crippen molar-refractivity contribution in [3.05, 3.63) is 29.8 Å². The average Bonchev–Trinajstić information content (AvgIpc) is 2.41. The van der Waals surface area contributed by atoms with Gasteiger partial charge in [-0.25, -0.2) is 0 Å². The van der Waals surface area contributed by atoms with E-state index in [0.717, 1.165) is 18.8 Å². The molecule has 0 saturated heterocycles. The van der Waals surface area contributed by atoms with Gasteiger partial charge in [-0.1, -0.05) is 17.7 Å². The van der Waals surface area contributed by atoms with Crippen LogP contribution in [0.5, 0.6) is 0 Å². The fraction of sp³-hybridized carbons (Fsp3) is 0.562. The zero-order valence-corrected chi connectivity index (χ0v) is 12.7. The van der Waals surface area contributed by atoms with Crippen LogP contribution in [0.25, 0.3) is 0 Å². The number of rotatable bonds is 7. The maximum absolute atomic E-state index is 12.0. The number of hydrogen-bond acceptors (Lipinski definition) is 3. The highest BCUT2D eigenvalue weighted by atomic mass is 16.5. The third-order valence-electron chi connectivity index (χ3n) is 3.57. The van der Waals surface area contributed by atoms with Gasteiger partial charge in [-0.3, -0.25) is 4.79 Å². The minimum absolute atomic E-state index is 0.139. The molecule has 106 valence electrons. The maximum atomic E-state index is 12.0. The van der Waals surface area contributed by atoms with Gasteiger partial charge in [0.05, 0.1) is 0 Å². The molecule has 0 aliphatic carbocycles. The van der Waals surface area contributed by atoms with Crippen LogP contribution >= 0.6 is 0 Å². The number of ether oxygens (including phenoxy) is 1. The molecule has 0 fully saturated rings. The Kier molecular flexibility index (Phi) is 5.55. The highest BCUT2D eigenvalue weighted by Gasteiger charge is 2.26. The first-order valence-corrected chi connectivity index (χ1v) is 6.80. The van der Waals surface area contributed by atoms with E-state index in [-0.39, 0.29) is 5.78 Å². The summed E-state index contributed by atoms with van der Waals surface area (Å²) in [6.07, 6.45) is 0.503. The van der Waals surface area contributed by atoms with Gasteiger partial charge in [0.25, 0.3) is 0 Å². The molecule has 1 aromatic carbocycles. The summed E-state index contributed by atoms with van der Waals surface area (Å²) < 4.78 is 5.22. The van der Waals surface area contributed by atoms with E-state index in [1.165, 1.54) is 5.56 Å². The highest BCUT2D eigenvalue weighted by molar-refractivity contribution is 5.86. The second-order valence-electron chi connectivity index (χ2n) is 5.30. The molecule has 0 amide bonds. The summed E-state index contributed by atoms with van der Waals surface area (Å²) in [5, 5.41) is 0. The van der Waals surface area contributed by atoms with Crippen LogP contribution in [0.3, 0.4) is 0 Å². The topological polar surface area (TPSA) is 29.5 Å². The summed E-state index contributed by atoms with van der Waals surface area (Å²) in [5.41, 5.74) is 1.72. The van der Waals surface area contributed by atoms with Crippen LogP contribution in [0.2, 0.25) is 0 Å². The smallest absolute Gasteiger partial charge is 0.165 e. The Hall–Kier alpha value is -1.35. The molecular formula is C16H25NO2. The van der Waals surface area contributed by atoms with E-state index in [9.17, 15) is 4.79 Å². The molecule has 3 heteroatoms. The third-order valence-corrected chi connectivity index (χ3v) is 3.57. The van der Waals surface area contributed by atoms with E-state index >= 15 is 0 Å². The average molecular weight is 263 g/mol. The molecular weight excluding hydrogens is 238 g/mol. The molecule has 0 aromatic heterocycles. The fourth-order valence-electron chi connectivity index (χ4n) is 1.88. The quantitative estimate of drug-likeness (QED) is 0.756. The van der Waals surface area contributed by atoms with E-state index in [4.69, 9.17) is 4.74 Å². The van der Waals surface area contributed by atoms with E-state index in [0.29, 0.717) is 6.42 Å². The lowest BCUT2D eigenvalue weighted by atomic mass is 10.0. The van der Waals surface area contributed by atoms with Crippen molar-refractivity contribution < 1.29 is 9.53 Å². The van der Waals surface area contributed by atoms with Crippen LogP contribution in [0.1, 0.15) is 32.8 Å². The lowest BCUT2D eigenvalue weighted by molar-refractivity contribution is -0.136. The molecule has 0 aliphatic heterocycles. The Morgan fingerprint density at radius 2 is 1.84 bits per heavy atom. The summed E-state index contributed by atoms with van der Waals surface area (Å²) in [7, 11) is 1.58. The lowest BCUT2D eigenvalue weighted by Crippen LogP contribution is -2.36. The van der Waals surface area contributed by atoms with Gasteiger partial charge < -0.3 is 9.64 Å². The first kappa shape index (κ1) is 15.7. The van der Waals surface area contributed by atoms with Crippen molar-refractivity contribution >= 4 is 11.5 Å². The Morgan fingerprint density at radius 1 is 1.26 bits per heavy atom. The number of nitrogens with zero attached hydrogens (tertiary/aromatic N) is 1. The van der Waals surface area contributed by atoms with Crippen LogP contribution in [0, 0.1) is 6.92 Å². The van der Waals surface area contributed by atoms with Crippen molar-refractivity contribution in [2.24, 2.45) is 0 Å². The number of Topliss-reactive ketones (excluding diaryl/α,β-unsaturated/α-hetero) is 1. The minimum atomic E-state index is -0.688. The van der Waals surface area contributed by atoms with Crippen LogP contribution in [-0.4, -0.2) is 31.6 Å². The fourth-order valence-corrected chi connectivity index (χ4v) is 1.88. The van der Waals surface area contributed by atoms with Gasteiger partial charge in [-0.15, -0.1) is 0 Å². The maximum Gasteiger partial charge on any atom is 0.165 e. The van der Waals surface area contributed by atoms with Gasteiger partial charge in [0.1, 0.15) is 5.60 Å². The predicted octanol–water partition coefficient (Wildman–Crippen LogP) is 3.21. The van der Waals surface area contributed by atoms with E-state index in [1.807, 2.05) is 13.8 Å². The Bertz CT molecular complexity index is 409. The summed E-state index contributed by atoms with van der Waals surface area (Å²) in [6, 6.07) is 8.40. The monoisotopic (exact) mass is 263 g/mol. The van der Waals surface area contributed by atoms with Gasteiger partial charge in [0.15, 0.2) is 5.78 Å². The summed E-state index contributed by atoms with van der Waals surface area (Å²) in [5.74, 6) is 0.139. The molecule has 0 heterocycles. The number of carbonyl (C=O) groups excluding carboxylic acids is 1. The van der Waals surface area contributed by atoms with Crippen LogP contribution < -0.4 is 4.90 Å². The molecule has 0 atom stereocenters. The standard InChI is InChI=1S/C16H25NO2/c1-6-17(14-9-7-13(2)8-10-14)12-11-15(18)16(3,4)19-5/h7-10H,6,11-12H2,1-5H3.